The van der Waals surface area contributed by atoms with Gasteiger partial charge in [-0.15, -0.1) is 0 Å². The van der Waals surface area contributed by atoms with Gasteiger partial charge in [-0.25, -0.2) is 20.2 Å². The van der Waals surface area contributed by atoms with Crippen molar-refractivity contribution in [3.05, 3.63) is 47.5 Å². The molecule has 6 heteroatoms. The van der Waals surface area contributed by atoms with Gasteiger partial charge in [-0.05, 0) is 12.5 Å². The Bertz CT molecular complexity index is 577. The summed E-state index contributed by atoms with van der Waals surface area (Å²) in [5.41, 5.74) is 3.81. The fourth-order valence-electron chi connectivity index (χ4n) is 1.88. The number of nitrogen functional groups attached to an aromatic ring is 1. The van der Waals surface area contributed by atoms with Crippen molar-refractivity contribution >= 4 is 5.82 Å². The van der Waals surface area contributed by atoms with E-state index in [-0.39, 0.29) is 12.4 Å². The smallest absolute Gasteiger partial charge is 0.222 e. The average molecular weight is 276 g/mol. The third kappa shape index (κ3) is 3.21. The predicted molar refractivity (Wildman–Crippen MR) is 74.6 cm³/mol. The molecule has 0 amide bonds. The third-order valence-electron chi connectivity index (χ3n) is 2.86. The minimum absolute atomic E-state index is 0.115. The Morgan fingerprint density at radius 1 is 1.30 bits per heavy atom. The average Bonchev–Trinajstić information content (AvgIpc) is 2.47. The van der Waals surface area contributed by atoms with Crippen molar-refractivity contribution in [2.24, 2.45) is 5.84 Å². The Hall–Kier alpha value is -2.21. The number of hydrogen-bond donors (Lipinski definition) is 2. The van der Waals surface area contributed by atoms with Crippen LogP contribution in [0.15, 0.2) is 30.6 Å². The van der Waals surface area contributed by atoms with Gasteiger partial charge < -0.3 is 10.2 Å². The van der Waals surface area contributed by atoms with Crippen molar-refractivity contribution in [2.75, 3.05) is 5.43 Å². The van der Waals surface area contributed by atoms with Crippen molar-refractivity contribution < 1.29 is 9.13 Å². The molecule has 5 nitrogen and oxygen atoms in total. The van der Waals surface area contributed by atoms with Gasteiger partial charge in [-0.3, -0.25) is 0 Å². The minimum Gasteiger partial charge on any atom is -0.472 e. The normalized spacial score (nSPS) is 10.3. The number of benzene rings is 1. The van der Waals surface area contributed by atoms with Crippen LogP contribution in [-0.2, 0) is 13.0 Å². The second kappa shape index (κ2) is 6.81. The number of ether oxygens (including phenoxy) is 1. The first kappa shape index (κ1) is 14.2. The van der Waals surface area contributed by atoms with Gasteiger partial charge in [0.1, 0.15) is 24.6 Å². The Kier molecular flexibility index (Phi) is 4.84. The van der Waals surface area contributed by atoms with Crippen LogP contribution in [0.3, 0.4) is 0 Å². The summed E-state index contributed by atoms with van der Waals surface area (Å²) in [5.74, 6) is 6.09. The second-order valence-corrected chi connectivity index (χ2v) is 4.28. The van der Waals surface area contributed by atoms with Gasteiger partial charge >= 0.3 is 0 Å². The summed E-state index contributed by atoms with van der Waals surface area (Å²) in [5, 5.41) is 0. The molecule has 0 fully saturated rings. The van der Waals surface area contributed by atoms with Crippen LogP contribution in [0.25, 0.3) is 0 Å². The lowest BCUT2D eigenvalue weighted by molar-refractivity contribution is 0.284. The van der Waals surface area contributed by atoms with Crippen LogP contribution >= 0.6 is 0 Å². The lowest BCUT2D eigenvalue weighted by Crippen LogP contribution is -2.13. The fraction of sp³-hybridized carbons (Fsp3) is 0.286. The number of aromatic nitrogens is 2. The van der Waals surface area contributed by atoms with Gasteiger partial charge in [0.15, 0.2) is 0 Å². The van der Waals surface area contributed by atoms with Crippen LogP contribution in [0.5, 0.6) is 5.88 Å². The standard InChI is InChI=1S/C14H17FN4O/c1-2-5-11-13(19-16)17-9-18-14(11)20-8-10-6-3-4-7-12(10)15/h3-4,6-7,9H,2,5,8,16H2,1H3,(H,17,18,19). The van der Waals surface area contributed by atoms with Gasteiger partial charge in [-0.1, -0.05) is 31.5 Å². The molecule has 2 rings (SSSR count). The number of nitrogens with two attached hydrogens (primary N) is 1. The predicted octanol–water partition coefficient (Wildman–Crippen LogP) is 2.43. The van der Waals surface area contributed by atoms with Crippen molar-refractivity contribution in [3.63, 3.8) is 0 Å². The van der Waals surface area contributed by atoms with E-state index in [9.17, 15) is 4.39 Å². The number of rotatable bonds is 6. The highest BCUT2D eigenvalue weighted by Crippen LogP contribution is 2.24. The third-order valence-corrected chi connectivity index (χ3v) is 2.86. The number of hydrazine groups is 1. The number of anilines is 1. The summed E-state index contributed by atoms with van der Waals surface area (Å²) in [6, 6.07) is 6.49. The van der Waals surface area contributed by atoms with Crippen LogP contribution < -0.4 is 16.0 Å². The molecular formula is C14H17FN4O. The molecule has 0 saturated carbocycles. The monoisotopic (exact) mass is 276 g/mol. The lowest BCUT2D eigenvalue weighted by Gasteiger charge is -2.13. The second-order valence-electron chi connectivity index (χ2n) is 4.28. The van der Waals surface area contributed by atoms with Crippen molar-refractivity contribution in [1.29, 1.82) is 0 Å². The Morgan fingerprint density at radius 3 is 2.80 bits per heavy atom. The summed E-state index contributed by atoms with van der Waals surface area (Å²) in [6.45, 7) is 2.15. The maximum atomic E-state index is 13.5. The molecular weight excluding hydrogens is 259 g/mol. The van der Waals surface area contributed by atoms with E-state index in [0.717, 1.165) is 18.4 Å². The fourth-order valence-corrected chi connectivity index (χ4v) is 1.88. The lowest BCUT2D eigenvalue weighted by atomic mass is 10.1. The molecule has 0 aliphatic heterocycles. The van der Waals surface area contributed by atoms with Crippen LogP contribution in [0, 0.1) is 5.82 Å². The Balaban J connectivity index is 2.19. The summed E-state index contributed by atoms with van der Waals surface area (Å²) in [4.78, 5) is 8.15. The highest BCUT2D eigenvalue weighted by atomic mass is 19.1. The first-order chi connectivity index (χ1) is 9.76. The molecule has 0 bridgehead atoms. The van der Waals surface area contributed by atoms with Crippen LogP contribution in [0.2, 0.25) is 0 Å². The largest absolute Gasteiger partial charge is 0.472 e. The first-order valence-corrected chi connectivity index (χ1v) is 6.43. The van der Waals surface area contributed by atoms with Crippen LogP contribution in [0.1, 0.15) is 24.5 Å². The van der Waals surface area contributed by atoms with Crippen molar-refractivity contribution in [3.8, 4) is 5.88 Å². The molecule has 1 aromatic heterocycles. The number of halogens is 1. The maximum Gasteiger partial charge on any atom is 0.222 e. The molecule has 0 spiro atoms. The molecule has 3 N–H and O–H groups in total. The molecule has 2 aromatic rings. The van der Waals surface area contributed by atoms with Gasteiger partial charge in [0.25, 0.3) is 0 Å². The zero-order valence-corrected chi connectivity index (χ0v) is 11.3. The van der Waals surface area contributed by atoms with E-state index < -0.39 is 0 Å². The van der Waals surface area contributed by atoms with E-state index in [1.165, 1.54) is 12.4 Å². The maximum absolute atomic E-state index is 13.5. The molecule has 1 aromatic carbocycles. The number of nitrogens with one attached hydrogen (secondary N) is 1. The summed E-state index contributed by atoms with van der Waals surface area (Å²) >= 11 is 0. The molecule has 0 atom stereocenters. The number of nitrogens with zero attached hydrogens (tertiary/aromatic N) is 2. The van der Waals surface area contributed by atoms with E-state index in [1.807, 2.05) is 6.92 Å². The van der Waals surface area contributed by atoms with Crippen LogP contribution in [-0.4, -0.2) is 9.97 Å². The minimum atomic E-state index is -0.296. The van der Waals surface area contributed by atoms with E-state index in [2.05, 4.69) is 15.4 Å². The number of hydrogen-bond acceptors (Lipinski definition) is 5. The molecule has 0 saturated heterocycles. The topological polar surface area (TPSA) is 73.1 Å². The van der Waals surface area contributed by atoms with Gasteiger partial charge in [-0.2, -0.15) is 0 Å². The summed E-state index contributed by atoms with van der Waals surface area (Å²) < 4.78 is 19.2. The van der Waals surface area contributed by atoms with E-state index in [4.69, 9.17) is 10.6 Å². The van der Waals surface area contributed by atoms with Gasteiger partial charge in [0.05, 0.1) is 5.56 Å². The van der Waals surface area contributed by atoms with E-state index >= 15 is 0 Å². The molecule has 0 aliphatic rings. The molecule has 106 valence electrons. The highest BCUT2D eigenvalue weighted by molar-refractivity contribution is 5.47. The van der Waals surface area contributed by atoms with Crippen LogP contribution in [0.4, 0.5) is 10.2 Å². The first-order valence-electron chi connectivity index (χ1n) is 6.43. The summed E-state index contributed by atoms with van der Waals surface area (Å²) in [6.07, 6.45) is 3.00. The molecule has 1 heterocycles. The molecule has 20 heavy (non-hydrogen) atoms. The molecule has 0 aliphatic carbocycles. The zero-order chi connectivity index (χ0) is 14.4. The summed E-state index contributed by atoms with van der Waals surface area (Å²) in [7, 11) is 0. The Morgan fingerprint density at radius 2 is 2.10 bits per heavy atom. The Labute approximate surface area is 117 Å². The highest BCUT2D eigenvalue weighted by Gasteiger charge is 2.12. The van der Waals surface area contributed by atoms with Gasteiger partial charge in [0, 0.05) is 5.56 Å². The van der Waals surface area contributed by atoms with E-state index in [1.54, 1.807) is 18.2 Å². The molecule has 0 radical (unpaired) electrons. The van der Waals surface area contributed by atoms with Gasteiger partial charge in [0.2, 0.25) is 5.88 Å². The van der Waals surface area contributed by atoms with Crippen molar-refractivity contribution in [2.45, 2.75) is 26.4 Å². The SMILES string of the molecule is CCCc1c(NN)ncnc1OCc1ccccc1F. The van der Waals surface area contributed by atoms with Crippen molar-refractivity contribution in [1.82, 2.24) is 9.97 Å². The molecule has 0 unspecified atom stereocenters. The quantitative estimate of drug-likeness (QED) is 0.626. The zero-order valence-electron chi connectivity index (χ0n) is 11.3. The van der Waals surface area contributed by atoms with E-state index in [0.29, 0.717) is 17.3 Å².